The average molecular weight is 251 g/mol. The number of hydrogen-bond acceptors (Lipinski definition) is 6. The largest absolute Gasteiger partial charge is 0.394 e. The van der Waals surface area contributed by atoms with E-state index in [-0.39, 0.29) is 12.1 Å². The molecule has 1 aromatic rings. The summed E-state index contributed by atoms with van der Waals surface area (Å²) in [6.45, 7) is 2.23. The van der Waals surface area contributed by atoms with E-state index < -0.39 is 0 Å². The normalized spacial score (nSPS) is 17.1. The molecule has 6 nitrogen and oxygen atoms in total. The summed E-state index contributed by atoms with van der Waals surface area (Å²) < 4.78 is 0. The standard InChI is InChI=1S/C12H21N5O/c1-2-4-9-10(14-8-15-11(9)17-13)16-12(7-18)5-3-6-12/h8,18H,2-7,13H2,1H3,(H2,14,15,16,17). The first-order valence-corrected chi connectivity index (χ1v) is 6.44. The molecule has 0 saturated heterocycles. The van der Waals surface area contributed by atoms with E-state index in [1.807, 2.05) is 0 Å². The van der Waals surface area contributed by atoms with Gasteiger partial charge in [0, 0.05) is 5.56 Å². The van der Waals surface area contributed by atoms with Crippen LogP contribution in [0.15, 0.2) is 6.33 Å². The van der Waals surface area contributed by atoms with Crippen molar-refractivity contribution >= 4 is 11.6 Å². The highest BCUT2D eigenvalue weighted by atomic mass is 16.3. The van der Waals surface area contributed by atoms with Crippen LogP contribution in [-0.2, 0) is 6.42 Å². The Balaban J connectivity index is 2.25. The Morgan fingerprint density at radius 3 is 2.61 bits per heavy atom. The third-order valence-corrected chi connectivity index (χ3v) is 3.58. The van der Waals surface area contributed by atoms with Crippen molar-refractivity contribution in [3.8, 4) is 0 Å². The second kappa shape index (κ2) is 5.49. The van der Waals surface area contributed by atoms with E-state index in [9.17, 15) is 5.11 Å². The van der Waals surface area contributed by atoms with Crippen LogP contribution in [0.3, 0.4) is 0 Å². The molecule has 0 aliphatic heterocycles. The number of hydrazine groups is 1. The van der Waals surface area contributed by atoms with Gasteiger partial charge in [0.1, 0.15) is 18.0 Å². The molecule has 1 fully saturated rings. The Labute approximate surface area is 107 Å². The zero-order valence-electron chi connectivity index (χ0n) is 10.7. The SMILES string of the molecule is CCCc1c(NN)ncnc1NC1(CO)CCC1. The molecule has 1 aromatic heterocycles. The average Bonchev–Trinajstić information content (AvgIpc) is 2.35. The summed E-state index contributed by atoms with van der Waals surface area (Å²) >= 11 is 0. The van der Waals surface area contributed by atoms with E-state index in [0.29, 0.717) is 5.82 Å². The Bertz CT molecular complexity index is 400. The van der Waals surface area contributed by atoms with Crippen LogP contribution in [0, 0.1) is 0 Å². The van der Waals surface area contributed by atoms with Gasteiger partial charge in [-0.15, -0.1) is 0 Å². The highest BCUT2D eigenvalue weighted by molar-refractivity contribution is 5.58. The molecule has 5 N–H and O–H groups in total. The molecular formula is C12H21N5O. The van der Waals surface area contributed by atoms with Crippen molar-refractivity contribution in [1.82, 2.24) is 9.97 Å². The zero-order valence-corrected chi connectivity index (χ0v) is 10.7. The fourth-order valence-corrected chi connectivity index (χ4v) is 2.31. The summed E-state index contributed by atoms with van der Waals surface area (Å²) in [5.41, 5.74) is 3.39. The lowest BCUT2D eigenvalue weighted by molar-refractivity contribution is 0.143. The van der Waals surface area contributed by atoms with Gasteiger partial charge in [-0.2, -0.15) is 0 Å². The van der Waals surface area contributed by atoms with Crippen molar-refractivity contribution in [2.24, 2.45) is 5.84 Å². The molecule has 1 aliphatic rings. The Kier molecular flexibility index (Phi) is 3.98. The molecule has 18 heavy (non-hydrogen) atoms. The molecule has 0 amide bonds. The highest BCUT2D eigenvalue weighted by Crippen LogP contribution is 2.36. The summed E-state index contributed by atoms with van der Waals surface area (Å²) in [4.78, 5) is 8.42. The fraction of sp³-hybridized carbons (Fsp3) is 0.667. The van der Waals surface area contributed by atoms with E-state index in [2.05, 4.69) is 27.6 Å². The lowest BCUT2D eigenvalue weighted by Gasteiger charge is -2.41. The number of nitrogens with one attached hydrogen (secondary N) is 2. The van der Waals surface area contributed by atoms with Gasteiger partial charge in [-0.3, -0.25) is 0 Å². The van der Waals surface area contributed by atoms with Crippen LogP contribution in [-0.4, -0.2) is 27.2 Å². The summed E-state index contributed by atoms with van der Waals surface area (Å²) in [6, 6.07) is 0. The number of rotatable bonds is 6. The maximum atomic E-state index is 9.50. The number of nitrogen functional groups attached to an aromatic ring is 1. The molecule has 6 heteroatoms. The van der Waals surface area contributed by atoms with Gasteiger partial charge in [0.05, 0.1) is 12.1 Å². The maximum absolute atomic E-state index is 9.50. The minimum absolute atomic E-state index is 0.133. The molecular weight excluding hydrogens is 230 g/mol. The van der Waals surface area contributed by atoms with Crippen LogP contribution in [0.25, 0.3) is 0 Å². The molecule has 2 rings (SSSR count). The van der Waals surface area contributed by atoms with Gasteiger partial charge in [-0.25, -0.2) is 15.8 Å². The first-order valence-electron chi connectivity index (χ1n) is 6.44. The predicted molar refractivity (Wildman–Crippen MR) is 71.1 cm³/mol. The Morgan fingerprint density at radius 1 is 1.39 bits per heavy atom. The Morgan fingerprint density at radius 2 is 2.11 bits per heavy atom. The van der Waals surface area contributed by atoms with E-state index in [1.54, 1.807) is 0 Å². The van der Waals surface area contributed by atoms with Gasteiger partial charge in [0.2, 0.25) is 0 Å². The first-order chi connectivity index (χ1) is 8.74. The molecule has 1 aliphatic carbocycles. The summed E-state index contributed by atoms with van der Waals surface area (Å²) in [7, 11) is 0. The number of hydrogen-bond donors (Lipinski definition) is 4. The van der Waals surface area contributed by atoms with E-state index in [4.69, 9.17) is 5.84 Å². The first kappa shape index (κ1) is 13.0. The lowest BCUT2D eigenvalue weighted by atomic mass is 9.77. The van der Waals surface area contributed by atoms with Gasteiger partial charge in [-0.05, 0) is 25.7 Å². The molecule has 0 spiro atoms. The van der Waals surface area contributed by atoms with Crippen LogP contribution >= 0.6 is 0 Å². The molecule has 0 bridgehead atoms. The van der Waals surface area contributed by atoms with Crippen molar-refractivity contribution in [2.45, 2.75) is 44.6 Å². The summed E-state index contributed by atoms with van der Waals surface area (Å²) in [5, 5.41) is 12.9. The number of anilines is 2. The predicted octanol–water partition coefficient (Wildman–Crippen LogP) is 1.04. The second-order valence-corrected chi connectivity index (χ2v) is 4.86. The topological polar surface area (TPSA) is 96.1 Å². The molecule has 1 heterocycles. The number of nitrogens with two attached hydrogens (primary N) is 1. The third-order valence-electron chi connectivity index (χ3n) is 3.58. The van der Waals surface area contributed by atoms with Crippen LogP contribution in [0.1, 0.15) is 38.2 Å². The number of aliphatic hydroxyl groups is 1. The van der Waals surface area contributed by atoms with Crippen LogP contribution in [0.4, 0.5) is 11.6 Å². The minimum atomic E-state index is -0.206. The van der Waals surface area contributed by atoms with E-state index in [1.165, 1.54) is 6.33 Å². The smallest absolute Gasteiger partial charge is 0.148 e. The minimum Gasteiger partial charge on any atom is -0.394 e. The zero-order chi connectivity index (χ0) is 13.0. The fourth-order valence-electron chi connectivity index (χ4n) is 2.31. The van der Waals surface area contributed by atoms with Gasteiger partial charge in [0.15, 0.2) is 0 Å². The number of aromatic nitrogens is 2. The van der Waals surface area contributed by atoms with E-state index >= 15 is 0 Å². The van der Waals surface area contributed by atoms with Gasteiger partial charge < -0.3 is 15.8 Å². The summed E-state index contributed by atoms with van der Waals surface area (Å²) in [6.07, 6.45) is 6.42. The quantitative estimate of drug-likeness (QED) is 0.446. The van der Waals surface area contributed by atoms with Crippen LogP contribution < -0.4 is 16.6 Å². The number of aliphatic hydroxyl groups excluding tert-OH is 1. The maximum Gasteiger partial charge on any atom is 0.148 e. The van der Waals surface area contributed by atoms with Gasteiger partial charge in [-0.1, -0.05) is 13.3 Å². The molecule has 100 valence electrons. The van der Waals surface area contributed by atoms with Crippen LogP contribution in [0.5, 0.6) is 0 Å². The van der Waals surface area contributed by atoms with Gasteiger partial charge >= 0.3 is 0 Å². The second-order valence-electron chi connectivity index (χ2n) is 4.86. The molecule has 0 radical (unpaired) electrons. The number of nitrogens with zero attached hydrogens (tertiary/aromatic N) is 2. The van der Waals surface area contributed by atoms with Crippen molar-refractivity contribution < 1.29 is 5.11 Å². The Hall–Kier alpha value is -1.40. The van der Waals surface area contributed by atoms with Crippen molar-refractivity contribution in [2.75, 3.05) is 17.3 Å². The third kappa shape index (κ3) is 2.39. The molecule has 0 aromatic carbocycles. The van der Waals surface area contributed by atoms with Crippen molar-refractivity contribution in [3.05, 3.63) is 11.9 Å². The van der Waals surface area contributed by atoms with E-state index in [0.717, 1.165) is 43.5 Å². The lowest BCUT2D eigenvalue weighted by Crippen LogP contribution is -2.48. The molecule has 0 unspecified atom stereocenters. The van der Waals surface area contributed by atoms with Crippen molar-refractivity contribution in [3.63, 3.8) is 0 Å². The van der Waals surface area contributed by atoms with Crippen LogP contribution in [0.2, 0.25) is 0 Å². The molecule has 0 atom stereocenters. The monoisotopic (exact) mass is 251 g/mol. The highest BCUT2D eigenvalue weighted by Gasteiger charge is 2.37. The van der Waals surface area contributed by atoms with Gasteiger partial charge in [0.25, 0.3) is 0 Å². The molecule has 1 saturated carbocycles. The summed E-state index contributed by atoms with van der Waals surface area (Å²) in [5.74, 6) is 6.92. The van der Waals surface area contributed by atoms with Crippen molar-refractivity contribution in [1.29, 1.82) is 0 Å².